The highest BCUT2D eigenvalue weighted by Crippen LogP contribution is 2.20. The first-order valence-electron chi connectivity index (χ1n) is 6.41. The van der Waals surface area contributed by atoms with Gasteiger partial charge in [-0.1, -0.05) is 18.2 Å². The predicted octanol–water partition coefficient (Wildman–Crippen LogP) is 1.99. The minimum absolute atomic E-state index is 0.189. The molecule has 6 heteroatoms. The highest BCUT2D eigenvalue weighted by molar-refractivity contribution is 5.59. The van der Waals surface area contributed by atoms with Gasteiger partial charge in [0.2, 0.25) is 11.5 Å². The second kappa shape index (κ2) is 5.54. The number of hydrogen-bond acceptors (Lipinski definition) is 5. The molecule has 2 heterocycles. The van der Waals surface area contributed by atoms with Crippen LogP contribution in [0.2, 0.25) is 0 Å². The van der Waals surface area contributed by atoms with Crippen molar-refractivity contribution < 1.29 is 0 Å². The van der Waals surface area contributed by atoms with E-state index in [1.54, 1.807) is 12.3 Å². The van der Waals surface area contributed by atoms with Gasteiger partial charge >= 0.3 is 0 Å². The van der Waals surface area contributed by atoms with Crippen molar-refractivity contribution in [3.8, 4) is 11.4 Å². The van der Waals surface area contributed by atoms with Crippen molar-refractivity contribution in [2.45, 2.75) is 0 Å². The molecule has 6 nitrogen and oxygen atoms in total. The van der Waals surface area contributed by atoms with Crippen molar-refractivity contribution in [3.05, 3.63) is 65.3 Å². The number of aromatic nitrogens is 4. The first kappa shape index (κ1) is 13.0. The highest BCUT2D eigenvalue weighted by Gasteiger charge is 2.09. The van der Waals surface area contributed by atoms with Crippen LogP contribution in [0.1, 0.15) is 0 Å². The lowest BCUT2D eigenvalue weighted by atomic mass is 10.2. The van der Waals surface area contributed by atoms with Crippen molar-refractivity contribution >= 4 is 11.6 Å². The van der Waals surface area contributed by atoms with Crippen LogP contribution >= 0.6 is 0 Å². The maximum Gasteiger partial charge on any atom is 0.248 e. The number of nitrogens with one attached hydrogen (secondary N) is 1. The number of H-pyrrole nitrogens is 1. The Morgan fingerprint density at radius 1 is 1.10 bits per heavy atom. The van der Waals surface area contributed by atoms with E-state index in [2.05, 4.69) is 19.9 Å². The summed E-state index contributed by atoms with van der Waals surface area (Å²) in [5, 5.41) is 0. The average molecular weight is 279 g/mol. The van der Waals surface area contributed by atoms with Gasteiger partial charge < -0.3 is 9.88 Å². The molecule has 1 N–H and O–H groups in total. The second-order valence-electron chi connectivity index (χ2n) is 4.45. The zero-order valence-electron chi connectivity index (χ0n) is 11.4. The molecule has 0 spiro atoms. The first-order valence-corrected chi connectivity index (χ1v) is 6.41. The standard InChI is InChI=1S/C15H13N5O/c1-20(12-5-3-2-4-6-12)15-18-10-17-14(19-15)11-7-8-16-13(21)9-11/h2-10H,1H3,(H,16,21). The van der Waals surface area contributed by atoms with Crippen LogP contribution in [0.25, 0.3) is 11.4 Å². The summed E-state index contributed by atoms with van der Waals surface area (Å²) in [4.78, 5) is 28.5. The van der Waals surface area contributed by atoms with E-state index in [1.165, 1.54) is 12.4 Å². The Kier molecular flexibility index (Phi) is 3.42. The fourth-order valence-electron chi connectivity index (χ4n) is 1.94. The number of aromatic amines is 1. The van der Waals surface area contributed by atoms with Gasteiger partial charge in [-0.3, -0.25) is 4.79 Å². The maximum atomic E-state index is 11.4. The van der Waals surface area contributed by atoms with Crippen molar-refractivity contribution in [1.82, 2.24) is 19.9 Å². The number of rotatable bonds is 3. The Balaban J connectivity index is 1.99. The third-order valence-electron chi connectivity index (χ3n) is 3.04. The number of hydrogen-bond donors (Lipinski definition) is 1. The Labute approximate surface area is 121 Å². The molecule has 0 aliphatic carbocycles. The molecule has 0 saturated heterocycles. The Hall–Kier alpha value is -3.02. The molecule has 0 saturated carbocycles. The van der Waals surface area contributed by atoms with Crippen molar-refractivity contribution in [3.63, 3.8) is 0 Å². The number of para-hydroxylation sites is 1. The average Bonchev–Trinajstić information content (AvgIpc) is 2.55. The summed E-state index contributed by atoms with van der Waals surface area (Å²) < 4.78 is 0. The topological polar surface area (TPSA) is 74.8 Å². The highest BCUT2D eigenvalue weighted by atomic mass is 16.1. The van der Waals surface area contributed by atoms with Gasteiger partial charge in [-0.05, 0) is 18.2 Å². The fourth-order valence-corrected chi connectivity index (χ4v) is 1.94. The molecule has 0 radical (unpaired) electrons. The Bertz CT molecular complexity index is 800. The lowest BCUT2D eigenvalue weighted by Crippen LogP contribution is -2.14. The second-order valence-corrected chi connectivity index (χ2v) is 4.45. The molecule has 0 atom stereocenters. The fraction of sp³-hybridized carbons (Fsp3) is 0.0667. The normalized spacial score (nSPS) is 10.3. The zero-order valence-corrected chi connectivity index (χ0v) is 11.4. The molecule has 104 valence electrons. The predicted molar refractivity (Wildman–Crippen MR) is 80.4 cm³/mol. The monoisotopic (exact) mass is 279 g/mol. The summed E-state index contributed by atoms with van der Waals surface area (Å²) in [6, 6.07) is 13.0. The van der Waals surface area contributed by atoms with E-state index in [0.717, 1.165) is 5.69 Å². The van der Waals surface area contributed by atoms with Gasteiger partial charge in [0.05, 0.1) is 0 Å². The lowest BCUT2D eigenvalue weighted by Gasteiger charge is -2.16. The van der Waals surface area contributed by atoms with Gasteiger partial charge in [-0.15, -0.1) is 0 Å². The molecule has 1 aromatic carbocycles. The molecule has 0 bridgehead atoms. The summed E-state index contributed by atoms with van der Waals surface area (Å²) in [7, 11) is 1.88. The van der Waals surface area contributed by atoms with E-state index >= 15 is 0 Å². The van der Waals surface area contributed by atoms with Crippen LogP contribution < -0.4 is 10.5 Å². The van der Waals surface area contributed by atoms with Crippen molar-refractivity contribution in [2.75, 3.05) is 11.9 Å². The minimum atomic E-state index is -0.189. The van der Waals surface area contributed by atoms with E-state index in [4.69, 9.17) is 0 Å². The SMILES string of the molecule is CN(c1ccccc1)c1ncnc(-c2cc[nH]c(=O)c2)n1. The number of benzene rings is 1. The van der Waals surface area contributed by atoms with Crippen LogP contribution in [0.3, 0.4) is 0 Å². The lowest BCUT2D eigenvalue weighted by molar-refractivity contribution is 0.990. The van der Waals surface area contributed by atoms with Crippen LogP contribution in [0.5, 0.6) is 0 Å². The molecule has 0 fully saturated rings. The molecule has 0 aliphatic rings. The smallest absolute Gasteiger partial charge is 0.248 e. The molecule has 21 heavy (non-hydrogen) atoms. The number of pyridine rings is 1. The quantitative estimate of drug-likeness (QED) is 0.793. The van der Waals surface area contributed by atoms with Crippen LogP contribution in [0.4, 0.5) is 11.6 Å². The number of nitrogens with zero attached hydrogens (tertiary/aromatic N) is 4. The third-order valence-corrected chi connectivity index (χ3v) is 3.04. The molecule has 2 aromatic heterocycles. The summed E-state index contributed by atoms with van der Waals surface area (Å²) in [5.74, 6) is 0.986. The van der Waals surface area contributed by atoms with Gasteiger partial charge in [0.1, 0.15) is 6.33 Å². The minimum Gasteiger partial charge on any atom is -0.329 e. The Morgan fingerprint density at radius 2 is 1.90 bits per heavy atom. The summed E-state index contributed by atoms with van der Waals surface area (Å²) in [5.41, 5.74) is 1.44. The van der Waals surface area contributed by atoms with E-state index in [0.29, 0.717) is 17.3 Å². The van der Waals surface area contributed by atoms with E-state index in [1.807, 2.05) is 42.3 Å². The number of anilines is 2. The molecule has 3 aromatic rings. The van der Waals surface area contributed by atoms with Gasteiger partial charge in [-0.2, -0.15) is 4.98 Å². The summed E-state index contributed by atoms with van der Waals surface area (Å²) in [6.45, 7) is 0. The molecule has 0 unspecified atom stereocenters. The third kappa shape index (κ3) is 2.79. The van der Waals surface area contributed by atoms with E-state index < -0.39 is 0 Å². The van der Waals surface area contributed by atoms with Crippen LogP contribution in [-0.2, 0) is 0 Å². The van der Waals surface area contributed by atoms with Crippen LogP contribution in [0, 0.1) is 0 Å². The van der Waals surface area contributed by atoms with Gasteiger partial charge in [0, 0.05) is 30.6 Å². The van der Waals surface area contributed by atoms with Crippen molar-refractivity contribution in [2.24, 2.45) is 0 Å². The van der Waals surface area contributed by atoms with Gasteiger partial charge in [0.15, 0.2) is 5.82 Å². The first-order chi connectivity index (χ1) is 10.2. The Morgan fingerprint density at radius 3 is 2.67 bits per heavy atom. The van der Waals surface area contributed by atoms with E-state index in [-0.39, 0.29) is 5.56 Å². The van der Waals surface area contributed by atoms with Crippen LogP contribution in [-0.4, -0.2) is 27.0 Å². The van der Waals surface area contributed by atoms with Crippen molar-refractivity contribution in [1.29, 1.82) is 0 Å². The molecule has 0 aliphatic heterocycles. The van der Waals surface area contributed by atoms with Crippen LogP contribution in [0.15, 0.2) is 59.8 Å². The molecular weight excluding hydrogens is 266 g/mol. The van der Waals surface area contributed by atoms with Gasteiger partial charge in [-0.25, -0.2) is 9.97 Å². The largest absolute Gasteiger partial charge is 0.329 e. The maximum absolute atomic E-state index is 11.4. The van der Waals surface area contributed by atoms with Gasteiger partial charge in [0.25, 0.3) is 0 Å². The van der Waals surface area contributed by atoms with E-state index in [9.17, 15) is 4.79 Å². The zero-order chi connectivity index (χ0) is 14.7. The summed E-state index contributed by atoms with van der Waals surface area (Å²) >= 11 is 0. The summed E-state index contributed by atoms with van der Waals surface area (Å²) in [6.07, 6.45) is 3.01. The molecular formula is C15H13N5O. The molecule has 0 amide bonds. The molecule has 3 rings (SSSR count).